The van der Waals surface area contributed by atoms with Crippen molar-refractivity contribution in [1.29, 1.82) is 0 Å². The highest BCUT2D eigenvalue weighted by atomic mass is 32.2. The monoisotopic (exact) mass is 288 g/mol. The number of likely N-dealkylation sites (tertiary alicyclic amines) is 1. The zero-order valence-electron chi connectivity index (χ0n) is 12.6. The molecular weight excluding hydrogens is 262 g/mol. The Kier molecular flexibility index (Phi) is 4.61. The molecule has 3 nitrogen and oxygen atoms in total. The molecule has 0 spiro atoms. The third kappa shape index (κ3) is 2.14. The summed E-state index contributed by atoms with van der Waals surface area (Å²) in [6, 6.07) is 0. The number of aliphatic hydroxyl groups excluding tert-OH is 1. The van der Waals surface area contributed by atoms with Crippen molar-refractivity contribution in [1.82, 2.24) is 4.90 Å². The Hall–Kier alpha value is -0.00312. The van der Waals surface area contributed by atoms with E-state index in [-0.39, 0.29) is 16.8 Å². The van der Waals surface area contributed by atoms with Crippen LogP contribution in [0, 0.1) is 0 Å². The Bertz CT molecular complexity index is 317. The van der Waals surface area contributed by atoms with E-state index < -0.39 is 19.9 Å². The summed E-state index contributed by atoms with van der Waals surface area (Å²) < 4.78 is 0. The molecule has 1 fully saturated rings. The summed E-state index contributed by atoms with van der Waals surface area (Å²) in [6.45, 7) is 14.4. The largest absolute Gasteiger partial charge is 0.392 e. The molecule has 1 rings (SSSR count). The number of carbonyl (C=O) groups is 1. The molecule has 0 aromatic carbocycles. The number of thioether (sulfide) groups is 1. The number of carbonyl (C=O) groups excluding carboxylic acids is 1. The van der Waals surface area contributed by atoms with E-state index in [2.05, 4.69) is 40.8 Å². The second-order valence-electron chi connectivity index (χ2n) is 6.20. The van der Waals surface area contributed by atoms with Crippen LogP contribution in [0.2, 0.25) is 18.1 Å². The smallest absolute Gasteiger partial charge is 0.232 e. The van der Waals surface area contributed by atoms with Gasteiger partial charge < -0.3 is 10.0 Å². The quantitative estimate of drug-likeness (QED) is 0.638. The summed E-state index contributed by atoms with van der Waals surface area (Å²) in [6.07, 6.45) is -0.559. The highest BCUT2D eigenvalue weighted by Gasteiger charge is 2.67. The van der Waals surface area contributed by atoms with E-state index in [9.17, 15) is 9.90 Å². The van der Waals surface area contributed by atoms with Crippen molar-refractivity contribution in [3.05, 3.63) is 0 Å². The maximum atomic E-state index is 12.7. The molecule has 0 aromatic rings. The summed E-state index contributed by atoms with van der Waals surface area (Å²) >= 11 is 1.79. The van der Waals surface area contributed by atoms with Gasteiger partial charge in [0.1, 0.15) is 0 Å². The fourth-order valence-corrected chi connectivity index (χ4v) is 7.23. The predicted octanol–water partition coefficient (Wildman–Crippen LogP) is 2.58. The summed E-state index contributed by atoms with van der Waals surface area (Å²) in [7, 11) is -0.908. The molecule has 0 saturated carbocycles. The fraction of sp³-hybridized carbons (Fsp3) is 0.923. The van der Waals surface area contributed by atoms with E-state index in [0.29, 0.717) is 0 Å². The Morgan fingerprint density at radius 2 is 2.00 bits per heavy atom. The first-order valence-corrected chi connectivity index (χ1v) is 10.1. The lowest BCUT2D eigenvalue weighted by molar-refractivity contribution is -0.162. The van der Waals surface area contributed by atoms with E-state index >= 15 is 0 Å². The minimum absolute atomic E-state index is 0.124. The van der Waals surface area contributed by atoms with Gasteiger partial charge in [0.15, 0.2) is 0 Å². The molecule has 3 atom stereocenters. The van der Waals surface area contributed by atoms with E-state index in [1.54, 1.807) is 18.7 Å². The predicted molar refractivity (Wildman–Crippen MR) is 80.4 cm³/mol. The van der Waals surface area contributed by atoms with Crippen LogP contribution in [0.5, 0.6) is 0 Å². The van der Waals surface area contributed by atoms with Gasteiger partial charge in [-0.2, -0.15) is 0 Å². The summed E-state index contributed by atoms with van der Waals surface area (Å²) in [4.78, 5) is 14.6. The lowest BCUT2D eigenvalue weighted by Gasteiger charge is -2.63. The number of amides is 1. The van der Waals surface area contributed by atoms with Crippen LogP contribution in [0.15, 0.2) is 0 Å². The number of aliphatic hydroxyl groups is 1. The molecule has 1 amide bonds. The van der Waals surface area contributed by atoms with Gasteiger partial charge in [-0.15, -0.1) is 11.8 Å². The molecule has 1 heterocycles. The van der Waals surface area contributed by atoms with Crippen LogP contribution in [0.1, 0.15) is 34.6 Å². The molecule has 5 heteroatoms. The van der Waals surface area contributed by atoms with Gasteiger partial charge in [-0.25, -0.2) is 0 Å². The molecule has 0 bridgehead atoms. The average molecular weight is 289 g/mol. The van der Waals surface area contributed by atoms with Gasteiger partial charge in [0.2, 0.25) is 5.91 Å². The van der Waals surface area contributed by atoms with Crippen LogP contribution in [-0.2, 0) is 4.79 Å². The molecule has 105 valence electrons. The van der Waals surface area contributed by atoms with Crippen LogP contribution in [0.3, 0.4) is 0 Å². The van der Waals surface area contributed by atoms with Gasteiger partial charge in [-0.05, 0) is 33.4 Å². The van der Waals surface area contributed by atoms with Crippen molar-refractivity contribution in [2.45, 2.75) is 69.8 Å². The van der Waals surface area contributed by atoms with Crippen LogP contribution in [0.4, 0.5) is 0 Å². The first kappa shape index (κ1) is 16.1. The fourth-order valence-electron chi connectivity index (χ4n) is 2.83. The Morgan fingerprint density at radius 3 is 2.28 bits per heavy atom. The normalized spacial score (nSPS) is 30.6. The van der Waals surface area contributed by atoms with Crippen molar-refractivity contribution in [3.63, 3.8) is 0 Å². The van der Waals surface area contributed by atoms with Gasteiger partial charge in [-0.1, -0.05) is 20.0 Å². The van der Waals surface area contributed by atoms with Gasteiger partial charge in [0, 0.05) is 5.54 Å². The van der Waals surface area contributed by atoms with Crippen molar-refractivity contribution in [2.24, 2.45) is 0 Å². The van der Waals surface area contributed by atoms with Crippen LogP contribution < -0.4 is 0 Å². The Labute approximate surface area is 117 Å². The number of β-lactam (4-membered cyclic amide) rings is 1. The molecule has 1 aliphatic rings. The maximum absolute atomic E-state index is 12.7. The Morgan fingerprint density at radius 1 is 1.50 bits per heavy atom. The average Bonchev–Trinajstić information content (AvgIpc) is 2.13. The SMILES string of the molecule is CCSC1N(C(C)(C)C)C(=O)C1(C(C)O)[Si](C)C. The van der Waals surface area contributed by atoms with Crippen LogP contribution in [0.25, 0.3) is 0 Å². The number of nitrogens with zero attached hydrogens (tertiary/aromatic N) is 1. The maximum Gasteiger partial charge on any atom is 0.232 e. The first-order chi connectivity index (χ1) is 8.11. The third-order valence-corrected chi connectivity index (χ3v) is 7.73. The summed E-state index contributed by atoms with van der Waals surface area (Å²) in [5.74, 6) is 1.11. The van der Waals surface area contributed by atoms with Gasteiger partial charge >= 0.3 is 0 Å². The molecule has 1 radical (unpaired) electrons. The van der Waals surface area contributed by atoms with Crippen LogP contribution in [-0.4, -0.2) is 47.5 Å². The van der Waals surface area contributed by atoms with E-state index in [1.165, 1.54) is 0 Å². The van der Waals surface area contributed by atoms with Gasteiger partial charge in [-0.3, -0.25) is 4.79 Å². The second kappa shape index (κ2) is 5.17. The molecule has 3 unspecified atom stereocenters. The highest BCUT2D eigenvalue weighted by molar-refractivity contribution is 8.00. The molecular formula is C13H26NO2SSi. The lowest BCUT2D eigenvalue weighted by Crippen LogP contribution is -2.75. The Balaban J connectivity index is 3.18. The minimum Gasteiger partial charge on any atom is -0.392 e. The molecule has 1 N–H and O–H groups in total. The van der Waals surface area contributed by atoms with Gasteiger partial charge in [0.05, 0.1) is 25.3 Å². The zero-order valence-corrected chi connectivity index (χ0v) is 14.4. The van der Waals surface area contributed by atoms with E-state index in [4.69, 9.17) is 0 Å². The first-order valence-electron chi connectivity index (χ1n) is 6.55. The van der Waals surface area contributed by atoms with Crippen molar-refractivity contribution in [3.8, 4) is 0 Å². The number of hydrogen-bond acceptors (Lipinski definition) is 3. The van der Waals surface area contributed by atoms with Crippen molar-refractivity contribution in [2.75, 3.05) is 5.75 Å². The van der Waals surface area contributed by atoms with Gasteiger partial charge in [0.25, 0.3) is 0 Å². The number of rotatable bonds is 4. The van der Waals surface area contributed by atoms with E-state index in [1.807, 2.05) is 4.90 Å². The standard InChI is InChI=1S/C13H26NO2SSi/c1-8-17-11-13(9(2)15,18(6)7)10(16)14(11)12(3,4)5/h9,11,15H,8H2,1-7H3. The molecule has 0 aliphatic carbocycles. The van der Waals surface area contributed by atoms with Crippen molar-refractivity contribution < 1.29 is 9.90 Å². The second-order valence-corrected chi connectivity index (χ2v) is 10.4. The molecule has 1 saturated heterocycles. The summed E-state index contributed by atoms with van der Waals surface area (Å²) in [5, 5.41) is 9.82. The number of hydrogen-bond donors (Lipinski definition) is 1. The third-order valence-electron chi connectivity index (χ3n) is 3.73. The molecule has 1 aliphatic heterocycles. The minimum atomic E-state index is -0.908. The highest BCUT2D eigenvalue weighted by Crippen LogP contribution is 2.58. The van der Waals surface area contributed by atoms with Crippen molar-refractivity contribution >= 4 is 26.5 Å². The molecule has 18 heavy (non-hydrogen) atoms. The van der Waals surface area contributed by atoms with E-state index in [0.717, 1.165) is 5.75 Å². The molecule has 0 aromatic heterocycles. The van der Waals surface area contributed by atoms with Crippen LogP contribution >= 0.6 is 11.8 Å². The lowest BCUT2D eigenvalue weighted by atomic mass is 9.86. The zero-order chi connectivity index (χ0) is 14.3. The topological polar surface area (TPSA) is 40.5 Å². The summed E-state index contributed by atoms with van der Waals surface area (Å²) in [5.41, 5.74) is -0.167.